The number of aromatic nitrogens is 1. The highest BCUT2D eigenvalue weighted by Gasteiger charge is 2.50. The number of nitrogens with one attached hydrogen (secondary N) is 1. The minimum absolute atomic E-state index is 0.0279. The Hall–Kier alpha value is -3.13. The van der Waals surface area contributed by atoms with Crippen LogP contribution in [0.25, 0.3) is 0 Å². The summed E-state index contributed by atoms with van der Waals surface area (Å²) in [5, 5.41) is 6.89. The van der Waals surface area contributed by atoms with Crippen molar-refractivity contribution in [2.45, 2.75) is 13.0 Å². The van der Waals surface area contributed by atoms with Gasteiger partial charge >= 0.3 is 0 Å². The van der Waals surface area contributed by atoms with E-state index in [1.807, 2.05) is 53.1 Å². The highest BCUT2D eigenvalue weighted by molar-refractivity contribution is 5.92. The van der Waals surface area contributed by atoms with Crippen LogP contribution in [0.4, 0.5) is 0 Å². The number of hydrogen-bond donors (Lipinski definition) is 2. The molecule has 8 nitrogen and oxygen atoms in total. The summed E-state index contributed by atoms with van der Waals surface area (Å²) in [6.07, 6.45) is 1.78. The predicted molar refractivity (Wildman–Crippen MR) is 117 cm³/mol. The smallest absolute Gasteiger partial charge is 0.290 e. The van der Waals surface area contributed by atoms with Crippen LogP contribution in [0.15, 0.2) is 42.6 Å². The molecule has 2 aliphatic heterocycles. The van der Waals surface area contributed by atoms with E-state index in [9.17, 15) is 9.59 Å². The molecule has 2 aromatic rings. The van der Waals surface area contributed by atoms with E-state index in [0.717, 1.165) is 0 Å². The number of likely N-dealkylation sites (N-methyl/N-ethyl adjacent to an activating group) is 1. The summed E-state index contributed by atoms with van der Waals surface area (Å²) in [6.45, 7) is 4.37. The zero-order valence-electron chi connectivity index (χ0n) is 18.2. The number of benzene rings is 1. The van der Waals surface area contributed by atoms with Gasteiger partial charge in [0.1, 0.15) is 5.69 Å². The number of aromatic amines is 1. The van der Waals surface area contributed by atoms with Gasteiger partial charge < -0.3 is 24.8 Å². The maximum Gasteiger partial charge on any atom is 0.290 e. The Bertz CT molecular complexity index is 912. The lowest BCUT2D eigenvalue weighted by Crippen LogP contribution is -2.41. The fourth-order valence-corrected chi connectivity index (χ4v) is 4.78. The van der Waals surface area contributed by atoms with Crippen molar-refractivity contribution < 1.29 is 19.5 Å². The van der Waals surface area contributed by atoms with E-state index in [1.165, 1.54) is 11.1 Å². The molecule has 31 heavy (non-hydrogen) atoms. The van der Waals surface area contributed by atoms with Gasteiger partial charge in [0.25, 0.3) is 12.4 Å². The third-order valence-corrected chi connectivity index (χ3v) is 6.06. The number of carboxylic acid groups (broad SMARTS) is 1. The Kier molecular flexibility index (Phi) is 7.12. The maximum absolute atomic E-state index is 13.0. The first-order valence-electron chi connectivity index (χ1n) is 10.4. The maximum atomic E-state index is 13.0. The molecule has 1 aromatic carbocycles. The first-order chi connectivity index (χ1) is 14.9. The molecule has 4 rings (SSSR count). The van der Waals surface area contributed by atoms with Crippen molar-refractivity contribution in [1.29, 1.82) is 0 Å². The van der Waals surface area contributed by atoms with Gasteiger partial charge in [-0.2, -0.15) is 0 Å². The molecule has 0 bridgehead atoms. The fraction of sp³-hybridized carbons (Fsp3) is 0.435. The summed E-state index contributed by atoms with van der Waals surface area (Å²) in [4.78, 5) is 43.1. The Morgan fingerprint density at radius 1 is 1.16 bits per heavy atom. The summed E-state index contributed by atoms with van der Waals surface area (Å²) in [5.41, 5.74) is 3.04. The first kappa shape index (κ1) is 22.6. The predicted octanol–water partition coefficient (Wildman–Crippen LogP) is 1.86. The SMILES string of the molecule is Cc1ccccc1[C@H]1[C@@H]2CN(C(=O)c3ccc[nH]3)C[C@@H]2CN1C(=O)CN(C)C.O=CO. The van der Waals surface area contributed by atoms with Crippen molar-refractivity contribution in [3.8, 4) is 0 Å². The lowest BCUT2D eigenvalue weighted by molar-refractivity contribution is -0.133. The average Bonchev–Trinajstić information content (AvgIpc) is 3.44. The molecule has 8 heteroatoms. The van der Waals surface area contributed by atoms with Crippen LogP contribution in [0.5, 0.6) is 0 Å². The second-order valence-electron chi connectivity index (χ2n) is 8.41. The van der Waals surface area contributed by atoms with E-state index in [-0.39, 0.29) is 30.2 Å². The Morgan fingerprint density at radius 3 is 2.48 bits per heavy atom. The lowest BCUT2D eigenvalue weighted by atomic mass is 9.87. The summed E-state index contributed by atoms with van der Waals surface area (Å²) in [6, 6.07) is 12.0. The molecule has 3 atom stereocenters. The third kappa shape index (κ3) is 4.80. The van der Waals surface area contributed by atoms with Crippen LogP contribution in [0.3, 0.4) is 0 Å². The monoisotopic (exact) mass is 426 g/mol. The van der Waals surface area contributed by atoms with E-state index in [0.29, 0.717) is 37.8 Å². The number of rotatable bonds is 4. The number of nitrogens with zero attached hydrogens (tertiary/aromatic N) is 3. The average molecular weight is 427 g/mol. The van der Waals surface area contributed by atoms with Crippen LogP contribution >= 0.6 is 0 Å². The van der Waals surface area contributed by atoms with Crippen molar-refractivity contribution in [2.75, 3.05) is 40.3 Å². The Balaban J connectivity index is 0.000000858. The molecule has 166 valence electrons. The van der Waals surface area contributed by atoms with Gasteiger partial charge in [0.05, 0.1) is 12.6 Å². The molecular formula is C23H30N4O4. The van der Waals surface area contributed by atoms with Gasteiger partial charge in [-0.3, -0.25) is 14.4 Å². The second-order valence-corrected chi connectivity index (χ2v) is 8.41. The number of carbonyl (C=O) groups is 3. The molecule has 0 spiro atoms. The van der Waals surface area contributed by atoms with Gasteiger partial charge in [0, 0.05) is 37.7 Å². The summed E-state index contributed by atoms with van der Waals surface area (Å²) >= 11 is 0. The van der Waals surface area contributed by atoms with E-state index in [1.54, 1.807) is 6.20 Å². The number of amides is 2. The van der Waals surface area contributed by atoms with Crippen LogP contribution in [0.1, 0.15) is 27.7 Å². The minimum atomic E-state index is -0.250. The molecule has 0 radical (unpaired) electrons. The van der Waals surface area contributed by atoms with Gasteiger partial charge in [-0.05, 0) is 44.3 Å². The van der Waals surface area contributed by atoms with Crippen molar-refractivity contribution >= 4 is 18.3 Å². The Labute approximate surface area is 182 Å². The summed E-state index contributed by atoms with van der Waals surface area (Å²) in [7, 11) is 3.85. The Morgan fingerprint density at radius 2 is 1.87 bits per heavy atom. The first-order valence-corrected chi connectivity index (χ1v) is 10.4. The fourth-order valence-electron chi connectivity index (χ4n) is 4.78. The molecule has 2 amide bonds. The molecule has 2 fully saturated rings. The summed E-state index contributed by atoms with van der Waals surface area (Å²) in [5.74, 6) is 0.796. The highest BCUT2D eigenvalue weighted by Crippen LogP contribution is 2.46. The molecule has 3 heterocycles. The van der Waals surface area contributed by atoms with E-state index < -0.39 is 0 Å². The van der Waals surface area contributed by atoms with Crippen LogP contribution in [0, 0.1) is 18.8 Å². The van der Waals surface area contributed by atoms with Crippen molar-refractivity contribution in [3.05, 3.63) is 59.4 Å². The molecule has 2 saturated heterocycles. The summed E-state index contributed by atoms with van der Waals surface area (Å²) < 4.78 is 0. The highest BCUT2D eigenvalue weighted by atomic mass is 16.3. The normalized spacial score (nSPS) is 22.1. The van der Waals surface area contributed by atoms with Crippen molar-refractivity contribution in [1.82, 2.24) is 19.7 Å². The van der Waals surface area contributed by atoms with E-state index >= 15 is 0 Å². The van der Waals surface area contributed by atoms with Crippen LogP contribution in [0.2, 0.25) is 0 Å². The molecule has 0 saturated carbocycles. The van der Waals surface area contributed by atoms with Gasteiger partial charge in [-0.1, -0.05) is 24.3 Å². The van der Waals surface area contributed by atoms with Crippen molar-refractivity contribution in [3.63, 3.8) is 0 Å². The molecule has 0 unspecified atom stereocenters. The number of fused-ring (bicyclic) bond motifs is 1. The van der Waals surface area contributed by atoms with Crippen LogP contribution in [-0.4, -0.2) is 83.4 Å². The molecule has 0 aliphatic carbocycles. The lowest BCUT2D eigenvalue weighted by Gasteiger charge is -2.31. The van der Waals surface area contributed by atoms with Crippen LogP contribution in [-0.2, 0) is 9.59 Å². The second kappa shape index (κ2) is 9.78. The third-order valence-electron chi connectivity index (χ3n) is 6.06. The number of hydrogen-bond acceptors (Lipinski definition) is 4. The molecule has 2 aliphatic rings. The molecular weight excluding hydrogens is 396 g/mol. The number of carbonyl (C=O) groups excluding carboxylic acids is 2. The van der Waals surface area contributed by atoms with Gasteiger partial charge in [-0.25, -0.2) is 0 Å². The minimum Gasteiger partial charge on any atom is -0.483 e. The van der Waals surface area contributed by atoms with Gasteiger partial charge in [-0.15, -0.1) is 0 Å². The standard InChI is InChI=1S/C22H28N4O2.CH2O2/c1-15-7-4-5-8-17(15)21-18-13-25(22(28)19-9-6-10-23-19)11-16(18)12-26(21)20(27)14-24(2)3;2-1-3/h4-10,16,18,21,23H,11-14H2,1-3H3;1H,(H,2,3)/t16-,18-,21+;/m1./s1. The van der Waals surface area contributed by atoms with Crippen LogP contribution < -0.4 is 0 Å². The largest absolute Gasteiger partial charge is 0.483 e. The number of likely N-dealkylation sites (tertiary alicyclic amines) is 2. The van der Waals surface area contributed by atoms with Crippen molar-refractivity contribution in [2.24, 2.45) is 11.8 Å². The van der Waals surface area contributed by atoms with E-state index in [2.05, 4.69) is 24.0 Å². The molecule has 1 aromatic heterocycles. The molecule has 2 N–H and O–H groups in total. The topological polar surface area (TPSA) is 97.0 Å². The van der Waals surface area contributed by atoms with Gasteiger partial charge in [0.15, 0.2) is 0 Å². The van der Waals surface area contributed by atoms with Gasteiger partial charge in [0.2, 0.25) is 5.91 Å². The van der Waals surface area contributed by atoms with E-state index in [4.69, 9.17) is 9.90 Å². The number of aryl methyl sites for hydroxylation is 1. The quantitative estimate of drug-likeness (QED) is 0.728. The zero-order valence-corrected chi connectivity index (χ0v) is 18.2. The zero-order chi connectivity index (χ0) is 22.5. The number of H-pyrrole nitrogens is 1.